The fourth-order valence-corrected chi connectivity index (χ4v) is 3.72. The minimum atomic E-state index is 0.521. The second-order valence-electron chi connectivity index (χ2n) is 7.64. The molecule has 0 saturated carbocycles. The minimum absolute atomic E-state index is 0.521. The summed E-state index contributed by atoms with van der Waals surface area (Å²) in [5, 5.41) is 12.6. The minimum Gasteiger partial charge on any atom is -0.378 e. The van der Waals surface area contributed by atoms with Gasteiger partial charge >= 0.3 is 0 Å². The molecule has 0 aliphatic carbocycles. The summed E-state index contributed by atoms with van der Waals surface area (Å²) in [6, 6.07) is 13.9. The Kier molecular flexibility index (Phi) is 4.89. The number of rotatable bonds is 5. The topological polar surface area (TPSA) is 107 Å². The van der Waals surface area contributed by atoms with Crippen LogP contribution in [-0.4, -0.2) is 56.2 Å². The molecule has 10 heteroatoms. The van der Waals surface area contributed by atoms with E-state index >= 15 is 0 Å². The Bertz CT molecular complexity index is 1380. The molecule has 0 spiro atoms. The van der Waals surface area contributed by atoms with Crippen LogP contribution in [0, 0.1) is 0 Å². The molecule has 5 aromatic rings. The Labute approximate surface area is 188 Å². The van der Waals surface area contributed by atoms with Crippen molar-refractivity contribution in [3.8, 4) is 16.8 Å². The molecule has 10 nitrogen and oxygen atoms in total. The van der Waals surface area contributed by atoms with E-state index < -0.39 is 0 Å². The summed E-state index contributed by atoms with van der Waals surface area (Å²) < 4.78 is 12.1. The van der Waals surface area contributed by atoms with Gasteiger partial charge in [-0.3, -0.25) is 0 Å². The molecule has 0 amide bonds. The number of morpholine rings is 1. The molecule has 1 aliphatic heterocycles. The van der Waals surface area contributed by atoms with E-state index in [1.54, 1.807) is 29.7 Å². The Morgan fingerprint density at radius 2 is 1.79 bits per heavy atom. The summed E-state index contributed by atoms with van der Waals surface area (Å²) in [5.74, 6) is 1.24. The quantitative estimate of drug-likeness (QED) is 0.440. The van der Waals surface area contributed by atoms with E-state index in [4.69, 9.17) is 9.26 Å². The van der Waals surface area contributed by atoms with E-state index in [-0.39, 0.29) is 0 Å². The van der Waals surface area contributed by atoms with Crippen molar-refractivity contribution in [1.82, 2.24) is 29.9 Å². The smallest absolute Gasteiger partial charge is 0.245 e. The normalized spacial score (nSPS) is 14.0. The predicted molar refractivity (Wildman–Crippen MR) is 123 cm³/mol. The second kappa shape index (κ2) is 8.32. The highest BCUT2D eigenvalue weighted by Gasteiger charge is 2.15. The van der Waals surface area contributed by atoms with Gasteiger partial charge in [0.2, 0.25) is 11.9 Å². The van der Waals surface area contributed by atoms with Crippen molar-refractivity contribution in [2.45, 2.75) is 0 Å². The van der Waals surface area contributed by atoms with Crippen LogP contribution in [0.3, 0.4) is 0 Å². The zero-order valence-corrected chi connectivity index (χ0v) is 17.6. The Morgan fingerprint density at radius 1 is 0.909 bits per heavy atom. The molecule has 6 rings (SSSR count). The van der Waals surface area contributed by atoms with Gasteiger partial charge in [0.05, 0.1) is 30.6 Å². The van der Waals surface area contributed by atoms with Gasteiger partial charge in [0, 0.05) is 35.9 Å². The lowest BCUT2D eigenvalue weighted by atomic mass is 10.1. The van der Waals surface area contributed by atoms with E-state index in [0.717, 1.165) is 52.4 Å². The summed E-state index contributed by atoms with van der Waals surface area (Å²) >= 11 is 0. The lowest BCUT2D eigenvalue weighted by Crippen LogP contribution is -2.37. The van der Waals surface area contributed by atoms with Crippen molar-refractivity contribution in [2.24, 2.45) is 0 Å². The van der Waals surface area contributed by atoms with Gasteiger partial charge in [-0.15, -0.1) is 5.10 Å². The van der Waals surface area contributed by atoms with Gasteiger partial charge in [-0.25, -0.2) is 14.6 Å². The van der Waals surface area contributed by atoms with Crippen LogP contribution in [0.2, 0.25) is 0 Å². The van der Waals surface area contributed by atoms with E-state index in [9.17, 15) is 0 Å². The first kappa shape index (κ1) is 19.4. The van der Waals surface area contributed by atoms with E-state index in [0.29, 0.717) is 19.2 Å². The van der Waals surface area contributed by atoms with Gasteiger partial charge in [-0.05, 0) is 35.9 Å². The molecule has 0 bridgehead atoms. The monoisotopic (exact) mass is 440 g/mol. The van der Waals surface area contributed by atoms with Gasteiger partial charge in [0.1, 0.15) is 12.6 Å². The summed E-state index contributed by atoms with van der Waals surface area (Å²) in [6.07, 6.45) is 6.83. The number of nitrogens with one attached hydrogen (secondary N) is 1. The maximum atomic E-state index is 5.39. The van der Waals surface area contributed by atoms with E-state index in [1.165, 1.54) is 0 Å². The fourth-order valence-electron chi connectivity index (χ4n) is 3.72. The first-order valence-electron chi connectivity index (χ1n) is 10.6. The number of hydrogen-bond donors (Lipinski definition) is 1. The summed E-state index contributed by atoms with van der Waals surface area (Å²) in [6.45, 7) is 3.01. The number of ether oxygens (including phenoxy) is 1. The van der Waals surface area contributed by atoms with Crippen molar-refractivity contribution in [3.05, 3.63) is 67.4 Å². The van der Waals surface area contributed by atoms with Gasteiger partial charge in [-0.2, -0.15) is 4.98 Å². The van der Waals surface area contributed by atoms with Gasteiger partial charge in [0.25, 0.3) is 0 Å². The van der Waals surface area contributed by atoms with Crippen LogP contribution in [0.5, 0.6) is 0 Å². The molecule has 164 valence electrons. The summed E-state index contributed by atoms with van der Waals surface area (Å²) in [4.78, 5) is 15.7. The average molecular weight is 440 g/mol. The van der Waals surface area contributed by atoms with Crippen LogP contribution in [0.1, 0.15) is 0 Å². The number of aromatic nitrogens is 6. The molecule has 1 N–H and O–H groups in total. The van der Waals surface area contributed by atoms with Crippen LogP contribution < -0.4 is 10.2 Å². The predicted octanol–water partition coefficient (Wildman–Crippen LogP) is 3.45. The highest BCUT2D eigenvalue weighted by Crippen LogP contribution is 2.24. The second-order valence-corrected chi connectivity index (χ2v) is 7.64. The van der Waals surface area contributed by atoms with Gasteiger partial charge in [-0.1, -0.05) is 17.3 Å². The zero-order valence-electron chi connectivity index (χ0n) is 17.6. The molecular formula is C23H20N8O2. The summed E-state index contributed by atoms with van der Waals surface area (Å²) in [5.41, 5.74) is 4.53. The highest BCUT2D eigenvalue weighted by molar-refractivity contribution is 5.84. The van der Waals surface area contributed by atoms with Crippen molar-refractivity contribution in [3.63, 3.8) is 0 Å². The van der Waals surface area contributed by atoms with Gasteiger partial charge in [0.15, 0.2) is 0 Å². The SMILES string of the molecule is c1cc(-n2cnc(N3CCOCC3)n2)ccc1Nc1ncc2ccc(-c3cnoc3)cc2n1. The first-order valence-corrected chi connectivity index (χ1v) is 10.6. The van der Waals surface area contributed by atoms with Crippen molar-refractivity contribution >= 4 is 28.5 Å². The van der Waals surface area contributed by atoms with Crippen LogP contribution >= 0.6 is 0 Å². The molecule has 1 saturated heterocycles. The van der Waals surface area contributed by atoms with E-state index in [2.05, 4.69) is 35.4 Å². The van der Waals surface area contributed by atoms with E-state index in [1.807, 2.05) is 42.5 Å². The van der Waals surface area contributed by atoms with Crippen LogP contribution in [0.4, 0.5) is 17.6 Å². The molecular weight excluding hydrogens is 420 g/mol. The molecule has 3 aromatic heterocycles. The third-order valence-electron chi connectivity index (χ3n) is 5.51. The Morgan fingerprint density at radius 3 is 2.61 bits per heavy atom. The van der Waals surface area contributed by atoms with Gasteiger partial charge < -0.3 is 19.5 Å². The number of hydrogen-bond acceptors (Lipinski definition) is 9. The first-order chi connectivity index (χ1) is 16.3. The molecule has 1 aliphatic rings. The number of nitrogens with zero attached hydrogens (tertiary/aromatic N) is 7. The van der Waals surface area contributed by atoms with Crippen molar-refractivity contribution in [1.29, 1.82) is 0 Å². The molecule has 1 fully saturated rings. The average Bonchev–Trinajstić information content (AvgIpc) is 3.58. The summed E-state index contributed by atoms with van der Waals surface area (Å²) in [7, 11) is 0. The Balaban J connectivity index is 1.19. The third kappa shape index (κ3) is 3.99. The van der Waals surface area contributed by atoms with Crippen molar-refractivity contribution in [2.75, 3.05) is 36.5 Å². The third-order valence-corrected chi connectivity index (χ3v) is 5.51. The number of anilines is 3. The number of fused-ring (bicyclic) bond motifs is 1. The molecule has 4 heterocycles. The lowest BCUT2D eigenvalue weighted by Gasteiger charge is -2.25. The molecule has 2 aromatic carbocycles. The molecule has 0 radical (unpaired) electrons. The van der Waals surface area contributed by atoms with Crippen LogP contribution in [-0.2, 0) is 4.74 Å². The van der Waals surface area contributed by atoms with Crippen molar-refractivity contribution < 1.29 is 9.26 Å². The maximum Gasteiger partial charge on any atom is 0.245 e. The molecule has 33 heavy (non-hydrogen) atoms. The molecule has 0 unspecified atom stereocenters. The lowest BCUT2D eigenvalue weighted by molar-refractivity contribution is 0.122. The highest BCUT2D eigenvalue weighted by atomic mass is 16.5. The number of benzene rings is 2. The zero-order chi connectivity index (χ0) is 22.0. The Hall–Kier alpha value is -4.31. The maximum absolute atomic E-state index is 5.39. The van der Waals surface area contributed by atoms with Crippen LogP contribution in [0.15, 0.2) is 72.0 Å². The van der Waals surface area contributed by atoms with Crippen LogP contribution in [0.25, 0.3) is 27.7 Å². The standard InChI is InChI=1S/C23H20N8O2/c1-2-17-12-24-22(28-21(17)11-16(1)18-13-26-33-14-18)27-19-3-5-20(6-4-19)31-15-25-23(29-31)30-7-9-32-10-8-30/h1-6,11-15H,7-10H2,(H,24,27,28). The fraction of sp³-hybridized carbons (Fsp3) is 0.174. The molecule has 0 atom stereocenters. The largest absolute Gasteiger partial charge is 0.378 e.